The summed E-state index contributed by atoms with van der Waals surface area (Å²) >= 11 is 5.33. The van der Waals surface area contributed by atoms with Crippen molar-refractivity contribution < 1.29 is 19.4 Å². The number of methoxy groups -OCH3 is 1. The van der Waals surface area contributed by atoms with Gasteiger partial charge in [0.2, 0.25) is 11.8 Å². The fourth-order valence-electron chi connectivity index (χ4n) is 3.99. The van der Waals surface area contributed by atoms with E-state index in [0.717, 1.165) is 31.4 Å². The minimum atomic E-state index is -0.361. The van der Waals surface area contributed by atoms with Gasteiger partial charge in [-0.1, -0.05) is 26.2 Å². The molecular formula is C24H26N4O4S. The van der Waals surface area contributed by atoms with Crippen molar-refractivity contribution in [3.8, 4) is 23.1 Å². The lowest BCUT2D eigenvalue weighted by Gasteiger charge is -2.32. The second-order valence-corrected chi connectivity index (χ2v) is 8.78. The molecule has 0 radical (unpaired) electrons. The monoisotopic (exact) mass is 466 g/mol. The van der Waals surface area contributed by atoms with Gasteiger partial charge in [0.1, 0.15) is 12.1 Å². The largest absolute Gasteiger partial charge is 0.504 e. The van der Waals surface area contributed by atoms with Crippen molar-refractivity contribution in [3.63, 3.8) is 0 Å². The lowest BCUT2D eigenvalue weighted by Crippen LogP contribution is -2.44. The number of benzene rings is 2. The summed E-state index contributed by atoms with van der Waals surface area (Å²) < 4.78 is 11.0. The first-order valence-corrected chi connectivity index (χ1v) is 11.2. The van der Waals surface area contributed by atoms with Crippen LogP contribution in [0.4, 0.5) is 5.69 Å². The van der Waals surface area contributed by atoms with Gasteiger partial charge in [-0.05, 0) is 55.4 Å². The van der Waals surface area contributed by atoms with Gasteiger partial charge >= 0.3 is 0 Å². The number of aromatic nitrogens is 2. The van der Waals surface area contributed by atoms with Crippen LogP contribution >= 0.6 is 12.2 Å². The number of fused-ring (bicyclic) bond motifs is 1. The van der Waals surface area contributed by atoms with Gasteiger partial charge in [0.25, 0.3) is 0 Å². The Morgan fingerprint density at radius 3 is 2.55 bits per heavy atom. The van der Waals surface area contributed by atoms with Gasteiger partial charge in [-0.15, -0.1) is 0 Å². The minimum Gasteiger partial charge on any atom is -0.504 e. The number of aromatic hydroxyl groups is 1. The van der Waals surface area contributed by atoms with Gasteiger partial charge in [-0.3, -0.25) is 4.79 Å². The highest BCUT2D eigenvalue weighted by atomic mass is 32.1. The zero-order valence-electron chi connectivity index (χ0n) is 18.6. The summed E-state index contributed by atoms with van der Waals surface area (Å²) in [6.07, 6.45) is 6.48. The maximum atomic E-state index is 12.7. The van der Waals surface area contributed by atoms with Crippen molar-refractivity contribution in [2.45, 2.75) is 39.0 Å². The molecule has 0 saturated heterocycles. The molecule has 1 aliphatic carbocycles. The molecular weight excluding hydrogens is 440 g/mol. The average Bonchev–Trinajstić information content (AvgIpc) is 2.81. The molecule has 1 amide bonds. The summed E-state index contributed by atoms with van der Waals surface area (Å²) in [4.78, 5) is 21.0. The number of hydrogen-bond acceptors (Lipinski definition) is 7. The molecule has 1 saturated carbocycles. The molecule has 3 N–H and O–H groups in total. The van der Waals surface area contributed by atoms with Crippen LogP contribution in [0.5, 0.6) is 23.1 Å². The highest BCUT2D eigenvalue weighted by Gasteiger charge is 2.34. The number of carbonyl (C=O) groups excluding carboxylic acids is 1. The summed E-state index contributed by atoms with van der Waals surface area (Å²) in [6, 6.07) is 10.2. The Bertz CT molecular complexity index is 1180. The number of thiocarbonyl (C=S) groups is 1. The third kappa shape index (κ3) is 5.14. The second-order valence-electron chi connectivity index (χ2n) is 8.38. The Hall–Kier alpha value is -3.46. The van der Waals surface area contributed by atoms with Gasteiger partial charge in [-0.2, -0.15) is 0 Å². The molecule has 3 aromatic rings. The van der Waals surface area contributed by atoms with Gasteiger partial charge in [-0.25, -0.2) is 9.97 Å². The Morgan fingerprint density at radius 1 is 1.12 bits per heavy atom. The average molecular weight is 467 g/mol. The molecule has 4 rings (SSSR count). The van der Waals surface area contributed by atoms with Crippen molar-refractivity contribution >= 4 is 39.8 Å². The van der Waals surface area contributed by atoms with Crippen molar-refractivity contribution in [2.24, 2.45) is 5.41 Å². The molecule has 1 heterocycles. The Morgan fingerprint density at radius 2 is 1.85 bits per heavy atom. The molecule has 0 unspecified atom stereocenters. The summed E-state index contributed by atoms with van der Waals surface area (Å²) in [5, 5.41) is 16.8. The third-order valence-electron chi connectivity index (χ3n) is 5.96. The number of amides is 1. The van der Waals surface area contributed by atoms with E-state index in [2.05, 4.69) is 20.6 Å². The predicted octanol–water partition coefficient (Wildman–Crippen LogP) is 4.92. The fraction of sp³-hybridized carbons (Fsp3) is 0.333. The molecule has 2 aromatic carbocycles. The maximum absolute atomic E-state index is 12.7. The van der Waals surface area contributed by atoms with Crippen LogP contribution in [0.25, 0.3) is 10.9 Å². The lowest BCUT2D eigenvalue weighted by atomic mass is 9.75. The maximum Gasteiger partial charge on any atom is 0.232 e. The smallest absolute Gasteiger partial charge is 0.232 e. The lowest BCUT2D eigenvalue weighted by molar-refractivity contribution is -0.130. The normalized spacial score (nSPS) is 15.0. The zero-order valence-corrected chi connectivity index (χ0v) is 19.4. The van der Waals surface area contributed by atoms with E-state index >= 15 is 0 Å². The number of ether oxygens (including phenoxy) is 2. The second kappa shape index (κ2) is 9.58. The molecule has 1 aliphatic rings. The number of phenolic OH excluding ortho intramolecular Hbond substituents is 1. The van der Waals surface area contributed by atoms with Crippen molar-refractivity contribution in [1.82, 2.24) is 15.3 Å². The third-order valence-corrected chi connectivity index (χ3v) is 6.16. The summed E-state index contributed by atoms with van der Waals surface area (Å²) in [5.41, 5.74) is 0.942. The van der Waals surface area contributed by atoms with E-state index in [4.69, 9.17) is 21.7 Å². The summed E-state index contributed by atoms with van der Waals surface area (Å²) in [5.74, 6) is 1.11. The SMILES string of the molecule is COc1cc2ncnc(Oc3ccc(NC(=S)NC(=O)C4(C)CCCCC4)cc3)c2cc1O. The molecule has 8 nitrogen and oxygen atoms in total. The molecule has 0 bridgehead atoms. The van der Waals surface area contributed by atoms with Crippen LogP contribution in [0.2, 0.25) is 0 Å². The van der Waals surface area contributed by atoms with Crippen LogP contribution < -0.4 is 20.1 Å². The van der Waals surface area contributed by atoms with Crippen LogP contribution in [0.3, 0.4) is 0 Å². The molecule has 172 valence electrons. The van der Waals surface area contributed by atoms with Gasteiger partial charge < -0.3 is 25.2 Å². The summed E-state index contributed by atoms with van der Waals surface area (Å²) in [6.45, 7) is 2.00. The first-order chi connectivity index (χ1) is 15.9. The molecule has 0 atom stereocenters. The Balaban J connectivity index is 1.41. The van der Waals surface area contributed by atoms with E-state index in [-0.39, 0.29) is 22.2 Å². The number of hydrogen-bond donors (Lipinski definition) is 3. The number of phenols is 1. The number of carbonyl (C=O) groups is 1. The number of nitrogens with one attached hydrogen (secondary N) is 2. The Labute approximate surface area is 197 Å². The van der Waals surface area contributed by atoms with Crippen LogP contribution in [-0.4, -0.2) is 33.2 Å². The predicted molar refractivity (Wildman–Crippen MR) is 130 cm³/mol. The van der Waals surface area contributed by atoms with Crippen LogP contribution in [-0.2, 0) is 4.79 Å². The van der Waals surface area contributed by atoms with E-state index < -0.39 is 0 Å². The number of anilines is 1. The van der Waals surface area contributed by atoms with Crippen molar-refractivity contribution in [2.75, 3.05) is 12.4 Å². The topological polar surface area (TPSA) is 106 Å². The quantitative estimate of drug-likeness (QED) is 0.455. The highest BCUT2D eigenvalue weighted by Crippen LogP contribution is 2.36. The van der Waals surface area contributed by atoms with Crippen molar-refractivity contribution in [1.29, 1.82) is 0 Å². The van der Waals surface area contributed by atoms with Crippen LogP contribution in [0.15, 0.2) is 42.7 Å². The van der Waals surface area contributed by atoms with Gasteiger partial charge in [0.05, 0.1) is 18.0 Å². The standard InChI is InChI=1S/C24H26N4O4S/c1-24(10-4-3-5-11-24)22(30)28-23(33)27-15-6-8-16(9-7-15)32-21-17-12-19(29)20(31-2)13-18(17)25-14-26-21/h6-9,12-14,29H,3-5,10-11H2,1-2H3,(H2,27,28,30,33). The van der Waals surface area contributed by atoms with Gasteiger partial charge in [0.15, 0.2) is 16.6 Å². The van der Waals surface area contributed by atoms with E-state index in [1.54, 1.807) is 30.3 Å². The van der Waals surface area contributed by atoms with E-state index in [9.17, 15) is 9.90 Å². The molecule has 33 heavy (non-hydrogen) atoms. The van der Waals surface area contributed by atoms with Gasteiger partial charge in [0, 0.05) is 17.2 Å². The Kier molecular flexibility index (Phi) is 6.60. The van der Waals surface area contributed by atoms with E-state index in [0.29, 0.717) is 28.3 Å². The number of rotatable bonds is 5. The summed E-state index contributed by atoms with van der Waals surface area (Å²) in [7, 11) is 1.47. The number of nitrogens with zero attached hydrogens (tertiary/aromatic N) is 2. The van der Waals surface area contributed by atoms with E-state index in [1.165, 1.54) is 25.9 Å². The molecule has 0 aliphatic heterocycles. The van der Waals surface area contributed by atoms with Crippen LogP contribution in [0, 0.1) is 5.41 Å². The zero-order chi connectivity index (χ0) is 23.4. The first kappa shape index (κ1) is 22.7. The fourth-order valence-corrected chi connectivity index (χ4v) is 4.20. The first-order valence-electron chi connectivity index (χ1n) is 10.8. The molecule has 9 heteroatoms. The van der Waals surface area contributed by atoms with E-state index in [1.807, 2.05) is 6.92 Å². The van der Waals surface area contributed by atoms with Crippen molar-refractivity contribution in [3.05, 3.63) is 42.7 Å². The molecule has 0 spiro atoms. The highest BCUT2D eigenvalue weighted by molar-refractivity contribution is 7.80. The molecule has 1 aromatic heterocycles. The van der Waals surface area contributed by atoms with Crippen LogP contribution in [0.1, 0.15) is 39.0 Å². The molecule has 1 fully saturated rings. The minimum absolute atomic E-state index is 0.0261.